The van der Waals surface area contributed by atoms with E-state index in [0.29, 0.717) is 19.5 Å². The summed E-state index contributed by atoms with van der Waals surface area (Å²) in [6.45, 7) is 14.5. The summed E-state index contributed by atoms with van der Waals surface area (Å²) in [5.74, 6) is -1.77. The Hall–Kier alpha value is -1.32. The van der Waals surface area contributed by atoms with Crippen molar-refractivity contribution in [2.24, 2.45) is 11.8 Å². The van der Waals surface area contributed by atoms with Crippen molar-refractivity contribution < 1.29 is 24.2 Å². The number of amides is 2. The van der Waals surface area contributed by atoms with Crippen LogP contribution < -0.4 is 0 Å². The van der Waals surface area contributed by atoms with Gasteiger partial charge in [0, 0.05) is 35.3 Å². The number of aliphatic hydroxyl groups is 1. The highest BCUT2D eigenvalue weighted by atomic mass is 79.9. The molecule has 2 amide bonds. The molecule has 196 valence electrons. The van der Waals surface area contributed by atoms with Crippen molar-refractivity contribution in [1.82, 2.24) is 9.80 Å². The van der Waals surface area contributed by atoms with Gasteiger partial charge in [-0.15, -0.1) is 18.3 Å². The Morgan fingerprint density at radius 3 is 2.54 bits per heavy atom. The lowest BCUT2D eigenvalue weighted by Gasteiger charge is -2.42. The monoisotopic (exact) mass is 570 g/mol. The maximum absolute atomic E-state index is 14.2. The van der Waals surface area contributed by atoms with E-state index in [9.17, 15) is 14.4 Å². The van der Waals surface area contributed by atoms with Gasteiger partial charge in [0.1, 0.15) is 12.6 Å². The normalized spacial score (nSPS) is 31.4. The average molecular weight is 572 g/mol. The number of nitrogens with zero attached hydrogens (tertiary/aromatic N) is 2. The van der Waals surface area contributed by atoms with E-state index in [4.69, 9.17) is 9.84 Å². The third-order valence-corrected chi connectivity index (χ3v) is 10.6. The number of esters is 1. The maximum Gasteiger partial charge on any atom is 0.311 e. The first-order chi connectivity index (χ1) is 16.5. The van der Waals surface area contributed by atoms with Crippen LogP contribution in [0.15, 0.2) is 25.3 Å². The number of unbranched alkanes of at least 4 members (excludes halogenated alkanes) is 3. The highest BCUT2D eigenvalue weighted by Gasteiger charge is 2.76. The third kappa shape index (κ3) is 5.23. The molecule has 7 nitrogen and oxygen atoms in total. The maximum atomic E-state index is 14.2. The molecule has 35 heavy (non-hydrogen) atoms. The van der Waals surface area contributed by atoms with Crippen LogP contribution in [0.1, 0.15) is 52.9 Å². The van der Waals surface area contributed by atoms with Crippen LogP contribution in [0, 0.1) is 11.8 Å². The van der Waals surface area contributed by atoms with Gasteiger partial charge < -0.3 is 19.6 Å². The van der Waals surface area contributed by atoms with Gasteiger partial charge in [0.05, 0.1) is 16.6 Å². The van der Waals surface area contributed by atoms with Crippen LogP contribution in [0.4, 0.5) is 0 Å². The molecular weight excluding hydrogens is 532 g/mol. The summed E-state index contributed by atoms with van der Waals surface area (Å²) >= 11 is 5.39. The molecule has 0 saturated carbocycles. The first-order valence-electron chi connectivity index (χ1n) is 12.5. The van der Waals surface area contributed by atoms with Gasteiger partial charge in [-0.25, -0.2) is 0 Å². The molecule has 3 aliphatic heterocycles. The van der Waals surface area contributed by atoms with E-state index in [2.05, 4.69) is 29.1 Å². The summed E-state index contributed by atoms with van der Waals surface area (Å²) < 4.78 is 4.75. The fourth-order valence-electron chi connectivity index (χ4n) is 5.87. The molecular formula is C26H39BrN2O5S. The van der Waals surface area contributed by atoms with Crippen LogP contribution in [0.2, 0.25) is 0 Å². The zero-order valence-corrected chi connectivity index (χ0v) is 23.5. The number of thioether (sulfide) groups is 1. The number of likely N-dealkylation sites (tertiary alicyclic amines) is 1. The lowest BCUT2D eigenvalue weighted by atomic mass is 9.71. The van der Waals surface area contributed by atoms with Gasteiger partial charge in [-0.3, -0.25) is 14.4 Å². The smallest absolute Gasteiger partial charge is 0.311 e. The van der Waals surface area contributed by atoms with Crippen molar-refractivity contribution >= 4 is 45.5 Å². The topological polar surface area (TPSA) is 87.2 Å². The van der Waals surface area contributed by atoms with Crippen LogP contribution in [-0.4, -0.2) is 85.4 Å². The number of hydrogen-bond donors (Lipinski definition) is 1. The van der Waals surface area contributed by atoms with E-state index in [1.807, 2.05) is 20.8 Å². The lowest BCUT2D eigenvalue weighted by molar-refractivity contribution is -0.153. The van der Waals surface area contributed by atoms with E-state index >= 15 is 0 Å². The predicted octanol–water partition coefficient (Wildman–Crippen LogP) is 3.55. The number of fused-ring (bicyclic) bond motifs is 1. The van der Waals surface area contributed by atoms with Crippen molar-refractivity contribution in [1.29, 1.82) is 0 Å². The second-order valence-electron chi connectivity index (χ2n) is 10.7. The summed E-state index contributed by atoms with van der Waals surface area (Å²) in [7, 11) is 0. The second-order valence-corrected chi connectivity index (χ2v) is 13.4. The molecule has 1 N–H and O–H groups in total. The van der Waals surface area contributed by atoms with Gasteiger partial charge in [-0.2, -0.15) is 0 Å². The highest BCUT2D eigenvalue weighted by Crippen LogP contribution is 2.68. The van der Waals surface area contributed by atoms with Crippen LogP contribution in [0.3, 0.4) is 0 Å². The number of carbonyl (C=O) groups is 3. The standard InChI is InChI=1S/C26H39BrN2O5S/c1-6-12-29(25(3,4)5)23(32)21-26-16-17(27)20(35-26)18(24(33)34-15-7-2)19(26)22(31)28(21)13-10-8-9-11-14-30/h6-7,17-21,30H,1-2,8-16H2,3-5H3/t17?,18-,19+,20-,21?,26?/m1/s1. The van der Waals surface area contributed by atoms with Gasteiger partial charge in [-0.05, 0) is 40.0 Å². The Morgan fingerprint density at radius 2 is 1.94 bits per heavy atom. The van der Waals surface area contributed by atoms with Gasteiger partial charge in [0.2, 0.25) is 11.8 Å². The quantitative estimate of drug-likeness (QED) is 0.167. The molecule has 0 aromatic rings. The Morgan fingerprint density at radius 1 is 1.26 bits per heavy atom. The first kappa shape index (κ1) is 28.3. The van der Waals surface area contributed by atoms with Gasteiger partial charge in [0.25, 0.3) is 0 Å². The molecule has 3 rings (SSSR count). The fourth-order valence-corrected chi connectivity index (χ4v) is 9.47. The number of hydrogen-bond acceptors (Lipinski definition) is 6. The van der Waals surface area contributed by atoms with Crippen LogP contribution in [0.25, 0.3) is 0 Å². The zero-order chi connectivity index (χ0) is 26.0. The average Bonchev–Trinajstić information content (AvgIpc) is 3.38. The van der Waals surface area contributed by atoms with E-state index in [-0.39, 0.29) is 41.1 Å². The largest absolute Gasteiger partial charge is 0.461 e. The highest BCUT2D eigenvalue weighted by molar-refractivity contribution is 9.09. The minimum absolute atomic E-state index is 0.0140. The molecule has 9 heteroatoms. The van der Waals surface area contributed by atoms with E-state index in [0.717, 1.165) is 25.7 Å². The molecule has 1 spiro atoms. The van der Waals surface area contributed by atoms with E-state index in [1.165, 1.54) is 6.08 Å². The molecule has 3 fully saturated rings. The predicted molar refractivity (Wildman–Crippen MR) is 142 cm³/mol. The summed E-state index contributed by atoms with van der Waals surface area (Å²) in [4.78, 5) is 44.9. The Balaban J connectivity index is 2.00. The Bertz CT molecular complexity index is 846. The van der Waals surface area contributed by atoms with Crippen molar-refractivity contribution in [2.75, 3.05) is 26.3 Å². The SMILES string of the molecule is C=CCOC(=O)[C@H]1[C@@H]2SC3(CC2Br)C(C(=O)N(CC=C)C(C)(C)C)N(CCCCCCO)C(=O)[C@H]13. The second kappa shape index (κ2) is 11.4. The summed E-state index contributed by atoms with van der Waals surface area (Å²) in [6.07, 6.45) is 7.08. The fraction of sp³-hybridized carbons (Fsp3) is 0.731. The first-order valence-corrected chi connectivity index (χ1v) is 14.3. The number of ether oxygens (including phenoxy) is 1. The minimum Gasteiger partial charge on any atom is -0.461 e. The molecule has 2 bridgehead atoms. The molecule has 6 atom stereocenters. The minimum atomic E-state index is -0.680. The number of alkyl halides is 1. The van der Waals surface area contributed by atoms with E-state index < -0.39 is 28.2 Å². The van der Waals surface area contributed by atoms with E-state index in [1.54, 1.807) is 27.6 Å². The number of rotatable bonds is 12. The molecule has 3 heterocycles. The van der Waals surface area contributed by atoms with Crippen molar-refractivity contribution in [3.8, 4) is 0 Å². The van der Waals surface area contributed by atoms with Crippen LogP contribution >= 0.6 is 27.7 Å². The summed E-state index contributed by atoms with van der Waals surface area (Å²) in [5, 5.41) is 8.97. The molecule has 3 unspecified atom stereocenters. The molecule has 0 aromatic heterocycles. The van der Waals surface area contributed by atoms with Crippen molar-refractivity contribution in [3.63, 3.8) is 0 Å². The number of aliphatic hydroxyl groups excluding tert-OH is 1. The Kier molecular flexibility index (Phi) is 9.19. The van der Waals surface area contributed by atoms with Gasteiger partial charge in [-0.1, -0.05) is 47.5 Å². The molecule has 3 aliphatic rings. The zero-order valence-electron chi connectivity index (χ0n) is 21.1. The molecule has 0 aliphatic carbocycles. The molecule has 0 aromatic carbocycles. The van der Waals surface area contributed by atoms with Crippen molar-refractivity contribution in [3.05, 3.63) is 25.3 Å². The van der Waals surface area contributed by atoms with Crippen LogP contribution in [-0.2, 0) is 19.1 Å². The lowest BCUT2D eigenvalue weighted by Crippen LogP contribution is -2.59. The van der Waals surface area contributed by atoms with Gasteiger partial charge >= 0.3 is 5.97 Å². The third-order valence-electron chi connectivity index (χ3n) is 7.33. The molecule has 0 radical (unpaired) electrons. The Labute approximate surface area is 221 Å². The number of halogens is 1. The number of carbonyl (C=O) groups excluding carboxylic acids is 3. The molecule has 3 saturated heterocycles. The van der Waals surface area contributed by atoms with Gasteiger partial charge in [0.15, 0.2) is 0 Å². The summed E-state index contributed by atoms with van der Waals surface area (Å²) in [6, 6.07) is -0.649. The van der Waals surface area contributed by atoms with Crippen LogP contribution in [0.5, 0.6) is 0 Å². The van der Waals surface area contributed by atoms with Crippen molar-refractivity contribution in [2.45, 2.75) is 79.3 Å². The summed E-state index contributed by atoms with van der Waals surface area (Å²) in [5.41, 5.74) is -0.451.